The minimum absolute atomic E-state index is 0.0298. The molecule has 0 bridgehead atoms. The van der Waals surface area contributed by atoms with E-state index in [0.717, 1.165) is 0 Å². The van der Waals surface area contributed by atoms with E-state index in [4.69, 9.17) is 4.74 Å². The molecule has 2 aromatic rings. The van der Waals surface area contributed by atoms with Gasteiger partial charge in [-0.05, 0) is 41.1 Å². The van der Waals surface area contributed by atoms with E-state index in [1.165, 1.54) is 29.0 Å². The van der Waals surface area contributed by atoms with Gasteiger partial charge < -0.3 is 9.30 Å². The predicted molar refractivity (Wildman–Crippen MR) is 68.3 cm³/mol. The smallest absolute Gasteiger partial charge is 0.313 e. The molecule has 1 aromatic carbocycles. The Hall–Kier alpha value is -1.69. The van der Waals surface area contributed by atoms with E-state index in [-0.39, 0.29) is 15.9 Å². The second kappa shape index (κ2) is 5.30. The van der Waals surface area contributed by atoms with Crippen molar-refractivity contribution in [3.63, 3.8) is 0 Å². The molecule has 0 aliphatic heterocycles. The van der Waals surface area contributed by atoms with Crippen LogP contribution in [0.5, 0.6) is 11.6 Å². The molecule has 0 aliphatic rings. The molecule has 0 unspecified atom stereocenters. The van der Waals surface area contributed by atoms with Crippen LogP contribution >= 0.6 is 15.9 Å². The highest BCUT2D eigenvalue weighted by Gasteiger charge is 2.08. The summed E-state index contributed by atoms with van der Waals surface area (Å²) in [4.78, 5) is 15.7. The minimum atomic E-state index is -0.394. The summed E-state index contributed by atoms with van der Waals surface area (Å²) in [7, 11) is 0. The monoisotopic (exact) mass is 312 g/mol. The number of aromatic nitrogens is 2. The number of hydrogen-bond donors (Lipinski definition) is 0. The summed E-state index contributed by atoms with van der Waals surface area (Å²) in [5, 5.41) is 0. The third-order valence-electron chi connectivity index (χ3n) is 2.33. The maximum atomic E-state index is 13.1. The molecular weight excluding hydrogens is 303 g/mol. The van der Waals surface area contributed by atoms with Gasteiger partial charge in [0.1, 0.15) is 11.6 Å². The average molecular weight is 313 g/mol. The SMILES string of the molecule is CCn1ccnc(Oc2ccc(F)c(Br)c2)c1=O. The van der Waals surface area contributed by atoms with E-state index < -0.39 is 5.82 Å². The van der Waals surface area contributed by atoms with Gasteiger partial charge in [0, 0.05) is 18.9 Å². The molecule has 0 saturated heterocycles. The predicted octanol–water partition coefficient (Wildman–Crippen LogP) is 2.96. The number of ether oxygens (including phenoxy) is 1. The number of hydrogen-bond acceptors (Lipinski definition) is 3. The van der Waals surface area contributed by atoms with E-state index in [1.807, 2.05) is 6.92 Å². The Kier molecular flexibility index (Phi) is 3.76. The number of benzene rings is 1. The maximum Gasteiger partial charge on any atom is 0.313 e. The first-order valence-corrected chi connectivity index (χ1v) is 6.09. The van der Waals surface area contributed by atoms with Gasteiger partial charge >= 0.3 is 5.56 Å². The molecule has 4 nitrogen and oxygen atoms in total. The molecule has 0 amide bonds. The first-order valence-electron chi connectivity index (χ1n) is 5.30. The largest absolute Gasteiger partial charge is 0.435 e. The molecule has 0 spiro atoms. The normalized spacial score (nSPS) is 10.4. The highest BCUT2D eigenvalue weighted by molar-refractivity contribution is 9.10. The van der Waals surface area contributed by atoms with Crippen molar-refractivity contribution < 1.29 is 9.13 Å². The van der Waals surface area contributed by atoms with Crippen molar-refractivity contribution in [2.75, 3.05) is 0 Å². The van der Waals surface area contributed by atoms with Gasteiger partial charge in [-0.25, -0.2) is 9.37 Å². The molecule has 18 heavy (non-hydrogen) atoms. The van der Waals surface area contributed by atoms with Gasteiger partial charge in [0.2, 0.25) is 0 Å². The Morgan fingerprint density at radius 2 is 2.28 bits per heavy atom. The second-order valence-corrected chi connectivity index (χ2v) is 4.36. The van der Waals surface area contributed by atoms with Gasteiger partial charge in [-0.15, -0.1) is 0 Å². The number of rotatable bonds is 3. The summed E-state index contributed by atoms with van der Waals surface area (Å²) in [6.07, 6.45) is 3.06. The fourth-order valence-electron chi connectivity index (χ4n) is 1.40. The maximum absolute atomic E-state index is 13.1. The zero-order valence-electron chi connectivity index (χ0n) is 9.56. The molecule has 0 N–H and O–H groups in total. The number of nitrogens with zero attached hydrogens (tertiary/aromatic N) is 2. The molecule has 0 radical (unpaired) electrons. The van der Waals surface area contributed by atoms with Crippen LogP contribution in [0.3, 0.4) is 0 Å². The third kappa shape index (κ3) is 2.59. The van der Waals surface area contributed by atoms with Crippen molar-refractivity contribution in [1.82, 2.24) is 9.55 Å². The van der Waals surface area contributed by atoms with Crippen molar-refractivity contribution in [1.29, 1.82) is 0 Å². The Bertz CT molecular complexity index is 628. The third-order valence-corrected chi connectivity index (χ3v) is 2.94. The topological polar surface area (TPSA) is 44.1 Å². The molecule has 2 rings (SSSR count). The fourth-order valence-corrected chi connectivity index (χ4v) is 1.76. The first-order chi connectivity index (χ1) is 8.61. The van der Waals surface area contributed by atoms with Crippen molar-refractivity contribution in [2.45, 2.75) is 13.5 Å². The highest BCUT2D eigenvalue weighted by atomic mass is 79.9. The molecule has 0 aliphatic carbocycles. The molecule has 1 aromatic heterocycles. The highest BCUT2D eigenvalue weighted by Crippen LogP contribution is 2.23. The summed E-state index contributed by atoms with van der Waals surface area (Å²) < 4.78 is 20.1. The zero-order chi connectivity index (χ0) is 13.1. The van der Waals surface area contributed by atoms with Gasteiger partial charge in [-0.1, -0.05) is 0 Å². The van der Waals surface area contributed by atoms with Crippen molar-refractivity contribution >= 4 is 15.9 Å². The zero-order valence-corrected chi connectivity index (χ0v) is 11.1. The quantitative estimate of drug-likeness (QED) is 0.875. The summed E-state index contributed by atoms with van der Waals surface area (Å²) in [6, 6.07) is 4.13. The van der Waals surface area contributed by atoms with Gasteiger partial charge in [0.25, 0.3) is 5.88 Å². The summed E-state index contributed by atoms with van der Waals surface area (Å²) in [6.45, 7) is 2.38. The van der Waals surface area contributed by atoms with Crippen LogP contribution in [-0.4, -0.2) is 9.55 Å². The van der Waals surface area contributed by atoms with E-state index in [1.54, 1.807) is 6.20 Å². The fraction of sp³-hybridized carbons (Fsp3) is 0.167. The summed E-state index contributed by atoms with van der Waals surface area (Å²) >= 11 is 3.05. The van der Waals surface area contributed by atoms with E-state index in [2.05, 4.69) is 20.9 Å². The van der Waals surface area contributed by atoms with Crippen LogP contribution in [0.1, 0.15) is 6.92 Å². The second-order valence-electron chi connectivity index (χ2n) is 3.50. The summed E-state index contributed by atoms with van der Waals surface area (Å²) in [5.74, 6) is -0.0751. The molecule has 0 fully saturated rings. The van der Waals surface area contributed by atoms with Crippen LogP contribution < -0.4 is 10.3 Å². The minimum Gasteiger partial charge on any atom is -0.435 e. The summed E-state index contributed by atoms with van der Waals surface area (Å²) in [5.41, 5.74) is -0.319. The van der Waals surface area contributed by atoms with Gasteiger partial charge in [-0.2, -0.15) is 0 Å². The van der Waals surface area contributed by atoms with Crippen LogP contribution in [0.25, 0.3) is 0 Å². The lowest BCUT2D eigenvalue weighted by Gasteiger charge is -2.06. The lowest BCUT2D eigenvalue weighted by molar-refractivity contribution is 0.443. The molecule has 0 saturated carbocycles. The molecule has 6 heteroatoms. The van der Waals surface area contributed by atoms with E-state index in [0.29, 0.717) is 12.3 Å². The molecular formula is C12H10BrFN2O2. The molecule has 0 atom stereocenters. The van der Waals surface area contributed by atoms with E-state index >= 15 is 0 Å². The average Bonchev–Trinajstić information content (AvgIpc) is 2.36. The van der Waals surface area contributed by atoms with Crippen LogP contribution in [0.4, 0.5) is 4.39 Å². The molecule has 1 heterocycles. The number of halogens is 2. The Morgan fingerprint density at radius 1 is 1.50 bits per heavy atom. The van der Waals surface area contributed by atoms with E-state index in [9.17, 15) is 9.18 Å². The van der Waals surface area contributed by atoms with Gasteiger partial charge in [0.05, 0.1) is 4.47 Å². The Labute approximate surface area is 111 Å². The first kappa shape index (κ1) is 12.8. The van der Waals surface area contributed by atoms with Crippen molar-refractivity contribution in [2.24, 2.45) is 0 Å². The van der Waals surface area contributed by atoms with Crippen molar-refractivity contribution in [3.8, 4) is 11.6 Å². The van der Waals surface area contributed by atoms with Gasteiger partial charge in [-0.3, -0.25) is 4.79 Å². The lowest BCUT2D eigenvalue weighted by atomic mass is 10.3. The molecule has 94 valence electrons. The Morgan fingerprint density at radius 3 is 2.94 bits per heavy atom. The standard InChI is InChI=1S/C12H10BrFN2O2/c1-2-16-6-5-15-11(12(16)17)18-8-3-4-10(14)9(13)7-8/h3-7H,2H2,1H3. The van der Waals surface area contributed by atoms with Crippen molar-refractivity contribution in [3.05, 3.63) is 51.2 Å². The van der Waals surface area contributed by atoms with Crippen LogP contribution in [0, 0.1) is 5.82 Å². The van der Waals surface area contributed by atoms with Gasteiger partial charge in [0.15, 0.2) is 0 Å². The van der Waals surface area contributed by atoms with Crippen LogP contribution in [0.2, 0.25) is 0 Å². The number of aryl methyl sites for hydroxylation is 1. The lowest BCUT2D eigenvalue weighted by Crippen LogP contribution is -2.20. The van der Waals surface area contributed by atoms with Crippen LogP contribution in [0.15, 0.2) is 39.9 Å². The Balaban J connectivity index is 2.34. The van der Waals surface area contributed by atoms with Crippen LogP contribution in [-0.2, 0) is 6.54 Å².